The number of nitrogens with one attached hydrogen (secondary N) is 2. The van der Waals surface area contributed by atoms with Crippen LogP contribution in [0.5, 0.6) is 0 Å². The number of carbonyl (C=O) groups is 2. The number of aromatic nitrogens is 1. The molecule has 1 aromatic heterocycles. The first kappa shape index (κ1) is 18.4. The summed E-state index contributed by atoms with van der Waals surface area (Å²) in [5, 5.41) is 5.98. The molecule has 2 rings (SSSR count). The van der Waals surface area contributed by atoms with Crippen LogP contribution in [-0.4, -0.2) is 30.0 Å². The van der Waals surface area contributed by atoms with Gasteiger partial charge in [-0.3, -0.25) is 4.79 Å². The van der Waals surface area contributed by atoms with Gasteiger partial charge in [-0.25, -0.2) is 9.78 Å². The van der Waals surface area contributed by atoms with Gasteiger partial charge in [0, 0.05) is 18.4 Å². The molecule has 25 heavy (non-hydrogen) atoms. The summed E-state index contributed by atoms with van der Waals surface area (Å²) < 4.78 is 4.95. The van der Waals surface area contributed by atoms with Gasteiger partial charge in [0.15, 0.2) is 0 Å². The fraction of sp³-hybridized carbons (Fsp3) is 0.316. The molecule has 0 aliphatic rings. The summed E-state index contributed by atoms with van der Waals surface area (Å²) in [6.45, 7) is 6.83. The van der Waals surface area contributed by atoms with Crippen LogP contribution >= 0.6 is 0 Å². The van der Waals surface area contributed by atoms with Gasteiger partial charge in [-0.2, -0.15) is 0 Å². The Labute approximate surface area is 147 Å². The van der Waals surface area contributed by atoms with E-state index < -0.39 is 0 Å². The standard InChI is InChI=1S/C19H23N3O3/c1-4-25-19(24)14-5-8-16(9-6-14)22-17-10-7-15(12-20-17)18(23)21-11-13(2)3/h5-10,12-13H,4,11H2,1-3H3,(H,20,22)(H,21,23). The maximum Gasteiger partial charge on any atom is 0.338 e. The molecule has 1 heterocycles. The molecule has 0 aliphatic carbocycles. The van der Waals surface area contributed by atoms with E-state index in [2.05, 4.69) is 15.6 Å². The van der Waals surface area contributed by atoms with Crippen LogP contribution in [0.4, 0.5) is 11.5 Å². The van der Waals surface area contributed by atoms with Crippen LogP contribution in [0.2, 0.25) is 0 Å². The molecule has 0 bridgehead atoms. The average Bonchev–Trinajstić information content (AvgIpc) is 2.61. The van der Waals surface area contributed by atoms with Crippen molar-refractivity contribution in [1.82, 2.24) is 10.3 Å². The lowest BCUT2D eigenvalue weighted by molar-refractivity contribution is 0.0526. The Morgan fingerprint density at radius 3 is 2.32 bits per heavy atom. The maximum atomic E-state index is 12.0. The zero-order valence-corrected chi connectivity index (χ0v) is 14.7. The molecule has 0 saturated heterocycles. The molecule has 2 aromatic rings. The van der Waals surface area contributed by atoms with Crippen LogP contribution in [0.1, 0.15) is 41.5 Å². The molecule has 1 aromatic carbocycles. The molecular weight excluding hydrogens is 318 g/mol. The number of hydrogen-bond acceptors (Lipinski definition) is 5. The molecule has 0 aliphatic heterocycles. The molecule has 132 valence electrons. The van der Waals surface area contributed by atoms with Gasteiger partial charge in [0.1, 0.15) is 5.82 Å². The summed E-state index contributed by atoms with van der Waals surface area (Å²) in [5.41, 5.74) is 1.80. The molecule has 0 radical (unpaired) electrons. The summed E-state index contributed by atoms with van der Waals surface area (Å²) in [6, 6.07) is 10.4. The van der Waals surface area contributed by atoms with Crippen molar-refractivity contribution in [3.05, 3.63) is 53.7 Å². The van der Waals surface area contributed by atoms with Crippen LogP contribution in [0, 0.1) is 5.92 Å². The van der Waals surface area contributed by atoms with Crippen LogP contribution in [-0.2, 0) is 4.74 Å². The quantitative estimate of drug-likeness (QED) is 0.755. The van der Waals surface area contributed by atoms with Gasteiger partial charge in [-0.05, 0) is 49.2 Å². The van der Waals surface area contributed by atoms with Crippen molar-refractivity contribution in [2.45, 2.75) is 20.8 Å². The predicted octanol–water partition coefficient (Wildman–Crippen LogP) is 3.39. The summed E-state index contributed by atoms with van der Waals surface area (Å²) in [6.07, 6.45) is 1.53. The zero-order chi connectivity index (χ0) is 18.2. The maximum absolute atomic E-state index is 12.0. The van der Waals surface area contributed by atoms with E-state index in [0.29, 0.717) is 36.0 Å². The number of carbonyl (C=O) groups excluding carboxylic acids is 2. The molecule has 6 nitrogen and oxygen atoms in total. The predicted molar refractivity (Wildman–Crippen MR) is 97.1 cm³/mol. The fourth-order valence-electron chi connectivity index (χ4n) is 2.05. The van der Waals surface area contributed by atoms with Crippen LogP contribution in [0.25, 0.3) is 0 Å². The first-order valence-electron chi connectivity index (χ1n) is 8.28. The third-order valence-electron chi connectivity index (χ3n) is 3.36. The van der Waals surface area contributed by atoms with Gasteiger partial charge in [0.25, 0.3) is 5.91 Å². The Morgan fingerprint density at radius 1 is 1.08 bits per heavy atom. The highest BCUT2D eigenvalue weighted by Crippen LogP contribution is 2.16. The highest BCUT2D eigenvalue weighted by molar-refractivity contribution is 5.94. The van der Waals surface area contributed by atoms with E-state index in [9.17, 15) is 9.59 Å². The van der Waals surface area contributed by atoms with E-state index in [1.807, 2.05) is 13.8 Å². The Bertz CT molecular complexity index is 710. The molecule has 0 unspecified atom stereocenters. The first-order valence-corrected chi connectivity index (χ1v) is 8.28. The third-order valence-corrected chi connectivity index (χ3v) is 3.36. The fourth-order valence-corrected chi connectivity index (χ4v) is 2.05. The Morgan fingerprint density at radius 2 is 1.76 bits per heavy atom. The summed E-state index contributed by atoms with van der Waals surface area (Å²) >= 11 is 0. The number of benzene rings is 1. The monoisotopic (exact) mass is 341 g/mol. The lowest BCUT2D eigenvalue weighted by atomic mass is 10.2. The molecule has 0 saturated carbocycles. The van der Waals surface area contributed by atoms with Gasteiger partial charge >= 0.3 is 5.97 Å². The van der Waals surface area contributed by atoms with E-state index >= 15 is 0 Å². The van der Waals surface area contributed by atoms with E-state index in [-0.39, 0.29) is 11.9 Å². The molecule has 0 spiro atoms. The van der Waals surface area contributed by atoms with Crippen molar-refractivity contribution in [2.24, 2.45) is 5.92 Å². The second-order valence-corrected chi connectivity index (χ2v) is 5.96. The largest absolute Gasteiger partial charge is 0.462 e. The number of pyridine rings is 1. The molecule has 0 atom stereocenters. The van der Waals surface area contributed by atoms with Crippen molar-refractivity contribution >= 4 is 23.4 Å². The molecule has 6 heteroatoms. The van der Waals surface area contributed by atoms with Crippen molar-refractivity contribution in [2.75, 3.05) is 18.5 Å². The molecule has 0 fully saturated rings. The minimum absolute atomic E-state index is 0.133. The van der Waals surface area contributed by atoms with E-state index in [1.54, 1.807) is 43.3 Å². The second-order valence-electron chi connectivity index (χ2n) is 5.96. The van der Waals surface area contributed by atoms with Gasteiger partial charge < -0.3 is 15.4 Å². The number of rotatable bonds is 7. The summed E-state index contributed by atoms with van der Waals surface area (Å²) in [4.78, 5) is 27.8. The lowest BCUT2D eigenvalue weighted by Gasteiger charge is -2.09. The van der Waals surface area contributed by atoms with Crippen LogP contribution in [0.3, 0.4) is 0 Å². The molecular formula is C19H23N3O3. The number of esters is 1. The highest BCUT2D eigenvalue weighted by atomic mass is 16.5. The Balaban J connectivity index is 1.96. The minimum atomic E-state index is -0.344. The number of anilines is 2. The Kier molecular flexibility index (Phi) is 6.51. The smallest absolute Gasteiger partial charge is 0.338 e. The first-order chi connectivity index (χ1) is 12.0. The topological polar surface area (TPSA) is 80.3 Å². The zero-order valence-electron chi connectivity index (χ0n) is 14.7. The van der Waals surface area contributed by atoms with Crippen molar-refractivity contribution < 1.29 is 14.3 Å². The van der Waals surface area contributed by atoms with Crippen molar-refractivity contribution in [3.8, 4) is 0 Å². The minimum Gasteiger partial charge on any atom is -0.462 e. The highest BCUT2D eigenvalue weighted by Gasteiger charge is 2.08. The summed E-state index contributed by atoms with van der Waals surface area (Å²) in [7, 11) is 0. The van der Waals surface area contributed by atoms with E-state index in [0.717, 1.165) is 5.69 Å². The summed E-state index contributed by atoms with van der Waals surface area (Å²) in [5.74, 6) is 0.537. The van der Waals surface area contributed by atoms with Crippen LogP contribution in [0.15, 0.2) is 42.6 Å². The third kappa shape index (κ3) is 5.60. The van der Waals surface area contributed by atoms with Crippen LogP contribution < -0.4 is 10.6 Å². The van der Waals surface area contributed by atoms with Gasteiger partial charge in [0.05, 0.1) is 17.7 Å². The average molecular weight is 341 g/mol. The number of amides is 1. The van der Waals surface area contributed by atoms with Gasteiger partial charge in [-0.1, -0.05) is 13.8 Å². The molecule has 1 amide bonds. The van der Waals surface area contributed by atoms with Gasteiger partial charge in [-0.15, -0.1) is 0 Å². The van der Waals surface area contributed by atoms with E-state index in [4.69, 9.17) is 4.74 Å². The Hall–Kier alpha value is -2.89. The number of nitrogens with zero attached hydrogens (tertiary/aromatic N) is 1. The second kappa shape index (κ2) is 8.82. The number of ether oxygens (including phenoxy) is 1. The van der Waals surface area contributed by atoms with Crippen molar-refractivity contribution in [3.63, 3.8) is 0 Å². The molecule has 2 N–H and O–H groups in total. The van der Waals surface area contributed by atoms with Gasteiger partial charge in [0.2, 0.25) is 0 Å². The number of hydrogen-bond donors (Lipinski definition) is 2. The normalized spacial score (nSPS) is 10.4. The van der Waals surface area contributed by atoms with E-state index in [1.165, 1.54) is 6.20 Å². The SMILES string of the molecule is CCOC(=O)c1ccc(Nc2ccc(C(=O)NCC(C)C)cn2)cc1. The van der Waals surface area contributed by atoms with Crippen molar-refractivity contribution in [1.29, 1.82) is 0 Å². The lowest BCUT2D eigenvalue weighted by Crippen LogP contribution is -2.27.